The predicted octanol–water partition coefficient (Wildman–Crippen LogP) is 2.45. The van der Waals surface area contributed by atoms with Gasteiger partial charge in [-0.15, -0.1) is 0 Å². The summed E-state index contributed by atoms with van der Waals surface area (Å²) in [7, 11) is 4.08. The van der Waals surface area contributed by atoms with Crippen LogP contribution in [0.5, 0.6) is 0 Å². The smallest absolute Gasteiger partial charge is 0.120 e. The lowest BCUT2D eigenvalue weighted by Gasteiger charge is -2.18. The van der Waals surface area contributed by atoms with E-state index in [-0.39, 0.29) is 0 Å². The van der Waals surface area contributed by atoms with Crippen molar-refractivity contribution in [3.05, 3.63) is 29.3 Å². The third kappa shape index (κ3) is 3.08. The molecule has 15 heavy (non-hydrogen) atoms. The molecular formula is C13H19NO. The molecule has 0 heterocycles. The third-order valence-electron chi connectivity index (χ3n) is 2.57. The molecule has 2 nitrogen and oxygen atoms in total. The van der Waals surface area contributed by atoms with Crippen LogP contribution < -0.4 is 4.90 Å². The van der Waals surface area contributed by atoms with Gasteiger partial charge in [-0.3, -0.25) is 0 Å². The van der Waals surface area contributed by atoms with Crippen molar-refractivity contribution in [3.63, 3.8) is 0 Å². The largest absolute Gasteiger partial charge is 0.377 e. The second-order valence-corrected chi connectivity index (χ2v) is 3.92. The molecule has 0 aliphatic rings. The van der Waals surface area contributed by atoms with Crippen molar-refractivity contribution in [2.24, 2.45) is 0 Å². The van der Waals surface area contributed by atoms with Crippen LogP contribution in [-0.4, -0.2) is 20.4 Å². The van der Waals surface area contributed by atoms with E-state index in [0.717, 1.165) is 19.1 Å². The highest BCUT2D eigenvalue weighted by Crippen LogP contribution is 2.22. The summed E-state index contributed by atoms with van der Waals surface area (Å²) in [6.07, 6.45) is 3.47. The molecule has 0 aliphatic heterocycles. The third-order valence-corrected chi connectivity index (χ3v) is 2.57. The number of hydrogen-bond acceptors (Lipinski definition) is 2. The first-order valence-electron chi connectivity index (χ1n) is 5.41. The van der Waals surface area contributed by atoms with Gasteiger partial charge in [0.15, 0.2) is 0 Å². The van der Waals surface area contributed by atoms with E-state index in [1.807, 2.05) is 14.1 Å². The molecular weight excluding hydrogens is 186 g/mol. The van der Waals surface area contributed by atoms with Crippen LogP contribution >= 0.6 is 0 Å². The van der Waals surface area contributed by atoms with E-state index in [1.165, 1.54) is 16.8 Å². The minimum atomic E-state index is 0.603. The van der Waals surface area contributed by atoms with Crippen molar-refractivity contribution in [2.75, 3.05) is 19.0 Å². The minimum Gasteiger partial charge on any atom is -0.377 e. The van der Waals surface area contributed by atoms with E-state index in [0.29, 0.717) is 6.42 Å². The number of anilines is 1. The van der Waals surface area contributed by atoms with Crippen molar-refractivity contribution in [3.8, 4) is 0 Å². The van der Waals surface area contributed by atoms with Crippen LogP contribution in [0.2, 0.25) is 0 Å². The van der Waals surface area contributed by atoms with Crippen molar-refractivity contribution < 1.29 is 4.79 Å². The van der Waals surface area contributed by atoms with Crippen LogP contribution in [-0.2, 0) is 17.6 Å². The van der Waals surface area contributed by atoms with Gasteiger partial charge in [-0.1, -0.05) is 19.1 Å². The van der Waals surface area contributed by atoms with Gasteiger partial charge in [0, 0.05) is 26.2 Å². The van der Waals surface area contributed by atoms with Crippen molar-refractivity contribution in [1.82, 2.24) is 0 Å². The van der Waals surface area contributed by atoms with Crippen LogP contribution in [0.15, 0.2) is 18.2 Å². The van der Waals surface area contributed by atoms with E-state index in [9.17, 15) is 4.79 Å². The summed E-state index contributed by atoms with van der Waals surface area (Å²) in [4.78, 5) is 12.5. The van der Waals surface area contributed by atoms with Gasteiger partial charge in [-0.25, -0.2) is 0 Å². The Morgan fingerprint density at radius 3 is 2.60 bits per heavy atom. The van der Waals surface area contributed by atoms with Crippen LogP contribution in [0, 0.1) is 0 Å². The van der Waals surface area contributed by atoms with E-state index >= 15 is 0 Å². The molecule has 0 aliphatic carbocycles. The molecule has 1 rings (SSSR count). The Hall–Kier alpha value is -1.31. The van der Waals surface area contributed by atoms with E-state index in [1.54, 1.807) is 0 Å². The summed E-state index contributed by atoms with van der Waals surface area (Å²) >= 11 is 0. The van der Waals surface area contributed by atoms with Crippen molar-refractivity contribution in [2.45, 2.75) is 26.2 Å². The molecule has 0 bridgehead atoms. The molecule has 0 N–H and O–H groups in total. The van der Waals surface area contributed by atoms with Gasteiger partial charge in [0.2, 0.25) is 0 Å². The van der Waals surface area contributed by atoms with Crippen LogP contribution in [0.4, 0.5) is 5.69 Å². The number of rotatable bonds is 5. The second kappa shape index (κ2) is 5.54. The minimum absolute atomic E-state index is 0.603. The first-order chi connectivity index (χ1) is 7.19. The first-order valence-corrected chi connectivity index (χ1v) is 5.41. The molecule has 0 spiro atoms. The lowest BCUT2D eigenvalue weighted by atomic mass is 10.0. The summed E-state index contributed by atoms with van der Waals surface area (Å²) in [5.74, 6) is 0. The van der Waals surface area contributed by atoms with Gasteiger partial charge >= 0.3 is 0 Å². The number of hydrogen-bond donors (Lipinski definition) is 0. The average molecular weight is 205 g/mol. The molecule has 0 saturated carbocycles. The Balaban J connectivity index is 2.98. The topological polar surface area (TPSA) is 20.3 Å². The molecule has 0 aromatic heterocycles. The predicted molar refractivity (Wildman–Crippen MR) is 64.5 cm³/mol. The van der Waals surface area contributed by atoms with Gasteiger partial charge < -0.3 is 9.69 Å². The molecule has 0 atom stereocenters. The highest BCUT2D eigenvalue weighted by Gasteiger charge is 2.04. The fourth-order valence-corrected chi connectivity index (χ4v) is 1.67. The van der Waals surface area contributed by atoms with Crippen LogP contribution in [0.25, 0.3) is 0 Å². The maximum atomic E-state index is 10.4. The van der Waals surface area contributed by atoms with E-state index in [4.69, 9.17) is 0 Å². The summed E-state index contributed by atoms with van der Waals surface area (Å²) in [6, 6.07) is 6.49. The number of aryl methyl sites for hydroxylation is 2. The lowest BCUT2D eigenvalue weighted by Crippen LogP contribution is -2.12. The number of nitrogens with zero attached hydrogens (tertiary/aromatic N) is 1. The standard InChI is InChI=1S/C13H19NO/c1-4-11-7-8-12(6-5-9-15)13(10-11)14(2)3/h7-10H,4-6H2,1-3H3. The number of carbonyl (C=O) groups excluding carboxylic acids is 1. The molecule has 1 aromatic rings. The fourth-order valence-electron chi connectivity index (χ4n) is 1.67. The van der Waals surface area contributed by atoms with E-state index < -0.39 is 0 Å². The van der Waals surface area contributed by atoms with Crippen molar-refractivity contribution in [1.29, 1.82) is 0 Å². The molecule has 0 unspecified atom stereocenters. The zero-order chi connectivity index (χ0) is 11.3. The molecule has 0 radical (unpaired) electrons. The summed E-state index contributed by atoms with van der Waals surface area (Å²) in [5, 5.41) is 0. The Morgan fingerprint density at radius 1 is 1.33 bits per heavy atom. The van der Waals surface area contributed by atoms with Gasteiger partial charge in [0.1, 0.15) is 6.29 Å². The molecule has 1 aromatic carbocycles. The number of benzene rings is 1. The zero-order valence-corrected chi connectivity index (χ0v) is 9.79. The maximum absolute atomic E-state index is 10.4. The lowest BCUT2D eigenvalue weighted by molar-refractivity contribution is -0.107. The Labute approximate surface area is 91.9 Å². The SMILES string of the molecule is CCc1ccc(CCC=O)c(N(C)C)c1. The summed E-state index contributed by atoms with van der Waals surface area (Å²) in [6.45, 7) is 2.15. The molecule has 0 saturated heterocycles. The normalized spacial score (nSPS) is 10.1. The summed E-state index contributed by atoms with van der Waals surface area (Å²) < 4.78 is 0. The van der Waals surface area contributed by atoms with Gasteiger partial charge in [0.05, 0.1) is 0 Å². The quantitative estimate of drug-likeness (QED) is 0.688. The highest BCUT2D eigenvalue weighted by atomic mass is 16.1. The van der Waals surface area contributed by atoms with Crippen molar-refractivity contribution >= 4 is 12.0 Å². The van der Waals surface area contributed by atoms with Gasteiger partial charge in [-0.2, -0.15) is 0 Å². The van der Waals surface area contributed by atoms with Gasteiger partial charge in [0.25, 0.3) is 0 Å². The summed E-state index contributed by atoms with van der Waals surface area (Å²) in [5.41, 5.74) is 3.83. The zero-order valence-electron chi connectivity index (χ0n) is 9.79. The molecule has 0 fully saturated rings. The fraction of sp³-hybridized carbons (Fsp3) is 0.462. The van der Waals surface area contributed by atoms with Gasteiger partial charge in [-0.05, 0) is 30.0 Å². The Kier molecular flexibility index (Phi) is 4.35. The second-order valence-electron chi connectivity index (χ2n) is 3.92. The van der Waals surface area contributed by atoms with Crippen LogP contribution in [0.3, 0.4) is 0 Å². The highest BCUT2D eigenvalue weighted by molar-refractivity contribution is 5.57. The van der Waals surface area contributed by atoms with Crippen LogP contribution in [0.1, 0.15) is 24.5 Å². The monoisotopic (exact) mass is 205 g/mol. The molecule has 82 valence electrons. The molecule has 0 amide bonds. The Bertz CT molecular complexity index is 331. The number of aldehydes is 1. The number of carbonyl (C=O) groups is 1. The average Bonchev–Trinajstić information content (AvgIpc) is 2.26. The Morgan fingerprint density at radius 2 is 2.07 bits per heavy atom. The first kappa shape index (κ1) is 11.8. The maximum Gasteiger partial charge on any atom is 0.120 e. The molecule has 2 heteroatoms. The van der Waals surface area contributed by atoms with E-state index in [2.05, 4.69) is 30.0 Å².